The molecule has 1 aliphatic rings. The maximum atomic E-state index is 12.4. The molecular formula is C16H16INO3S2. The summed E-state index contributed by atoms with van der Waals surface area (Å²) in [5.41, 5.74) is 0.985. The van der Waals surface area contributed by atoms with E-state index >= 15 is 0 Å². The highest BCUT2D eigenvalue weighted by Crippen LogP contribution is 2.32. The number of carboxylic acid groups (broad SMARTS) is 1. The first-order valence-corrected chi connectivity index (χ1v) is 9.50. The van der Waals surface area contributed by atoms with Gasteiger partial charge in [-0.25, -0.2) is 0 Å². The third kappa shape index (κ3) is 5.58. The Morgan fingerprint density at radius 1 is 1.35 bits per heavy atom. The molecule has 0 radical (unpaired) electrons. The molecule has 1 fully saturated rings. The summed E-state index contributed by atoms with van der Waals surface area (Å²) in [6.07, 6.45) is 4.20. The summed E-state index contributed by atoms with van der Waals surface area (Å²) in [6.45, 7) is 0.550. The molecule has 1 aromatic carbocycles. The zero-order chi connectivity index (χ0) is 16.8. The van der Waals surface area contributed by atoms with Crippen molar-refractivity contribution in [3.05, 3.63) is 38.3 Å². The van der Waals surface area contributed by atoms with E-state index in [-0.39, 0.29) is 12.3 Å². The monoisotopic (exact) mass is 461 g/mol. The molecule has 0 atom stereocenters. The van der Waals surface area contributed by atoms with Crippen molar-refractivity contribution in [3.8, 4) is 0 Å². The van der Waals surface area contributed by atoms with Gasteiger partial charge in [0.05, 0.1) is 4.91 Å². The van der Waals surface area contributed by atoms with Gasteiger partial charge in [-0.3, -0.25) is 14.5 Å². The molecule has 1 aromatic rings. The van der Waals surface area contributed by atoms with Gasteiger partial charge in [0, 0.05) is 16.5 Å². The summed E-state index contributed by atoms with van der Waals surface area (Å²) in [5.74, 6) is -0.840. The Morgan fingerprint density at radius 2 is 2.13 bits per heavy atom. The van der Waals surface area contributed by atoms with Crippen LogP contribution in [0.1, 0.15) is 31.2 Å². The quantitative estimate of drug-likeness (QED) is 0.286. The van der Waals surface area contributed by atoms with Gasteiger partial charge in [0.25, 0.3) is 5.91 Å². The van der Waals surface area contributed by atoms with Crippen molar-refractivity contribution in [1.82, 2.24) is 4.90 Å². The van der Waals surface area contributed by atoms with Crippen LogP contribution in [-0.4, -0.2) is 32.7 Å². The number of benzene rings is 1. The standard InChI is InChI=1S/C16H16INO3S2/c17-12-6-4-5-11(9-12)10-13-15(21)18(16(22)23-13)8-3-1-2-7-14(19)20/h4-6,9-10H,1-3,7-8H2,(H,19,20)/b13-10+. The number of halogens is 1. The minimum Gasteiger partial charge on any atom is -0.481 e. The number of nitrogens with zero attached hydrogens (tertiary/aromatic N) is 1. The number of amides is 1. The number of thiocarbonyl (C=S) groups is 1. The maximum Gasteiger partial charge on any atom is 0.303 e. The average Bonchev–Trinajstić information content (AvgIpc) is 2.74. The Morgan fingerprint density at radius 3 is 2.83 bits per heavy atom. The fourth-order valence-electron chi connectivity index (χ4n) is 2.16. The molecule has 0 aliphatic carbocycles. The fourth-order valence-corrected chi connectivity index (χ4v) is 4.04. The molecule has 0 bridgehead atoms. The van der Waals surface area contributed by atoms with Gasteiger partial charge < -0.3 is 5.11 Å². The van der Waals surface area contributed by atoms with Crippen molar-refractivity contribution in [1.29, 1.82) is 0 Å². The molecule has 1 heterocycles. The van der Waals surface area contributed by atoms with E-state index in [4.69, 9.17) is 17.3 Å². The molecule has 1 saturated heterocycles. The van der Waals surface area contributed by atoms with Gasteiger partial charge in [-0.1, -0.05) is 42.5 Å². The van der Waals surface area contributed by atoms with Crippen molar-refractivity contribution in [3.63, 3.8) is 0 Å². The number of hydrogen-bond acceptors (Lipinski definition) is 4. The molecule has 1 N–H and O–H groups in total. The summed E-state index contributed by atoms with van der Waals surface area (Å²) < 4.78 is 1.69. The largest absolute Gasteiger partial charge is 0.481 e. The zero-order valence-corrected chi connectivity index (χ0v) is 16.1. The molecule has 2 rings (SSSR count). The van der Waals surface area contributed by atoms with Crippen molar-refractivity contribution in [2.45, 2.75) is 25.7 Å². The number of hydrogen-bond donors (Lipinski definition) is 1. The maximum absolute atomic E-state index is 12.4. The van der Waals surface area contributed by atoms with Crippen LogP contribution in [0, 0.1) is 3.57 Å². The van der Waals surface area contributed by atoms with Gasteiger partial charge in [0.15, 0.2) is 0 Å². The van der Waals surface area contributed by atoms with Gasteiger partial charge in [-0.05, 0) is 59.2 Å². The molecule has 0 unspecified atom stereocenters. The first kappa shape index (κ1) is 18.4. The lowest BCUT2D eigenvalue weighted by Crippen LogP contribution is -2.29. The highest BCUT2D eigenvalue weighted by atomic mass is 127. The van der Waals surface area contributed by atoms with Crippen LogP contribution in [0.5, 0.6) is 0 Å². The minimum absolute atomic E-state index is 0.0582. The lowest BCUT2D eigenvalue weighted by atomic mass is 10.2. The lowest BCUT2D eigenvalue weighted by molar-refractivity contribution is -0.137. The first-order chi connectivity index (χ1) is 11.0. The summed E-state index contributed by atoms with van der Waals surface area (Å²) in [5, 5.41) is 8.61. The van der Waals surface area contributed by atoms with Crippen LogP contribution in [0.15, 0.2) is 29.2 Å². The van der Waals surface area contributed by atoms with Gasteiger partial charge in [0.1, 0.15) is 4.32 Å². The van der Waals surface area contributed by atoms with E-state index in [1.807, 2.05) is 30.3 Å². The van der Waals surface area contributed by atoms with E-state index in [0.717, 1.165) is 22.0 Å². The molecule has 0 aromatic heterocycles. The topological polar surface area (TPSA) is 57.6 Å². The number of aliphatic carboxylic acids is 1. The predicted molar refractivity (Wildman–Crippen MR) is 105 cm³/mol. The van der Waals surface area contributed by atoms with E-state index in [0.29, 0.717) is 22.2 Å². The van der Waals surface area contributed by atoms with E-state index < -0.39 is 5.97 Å². The average molecular weight is 461 g/mol. The number of unbranched alkanes of at least 4 members (excludes halogenated alkanes) is 2. The predicted octanol–water partition coefficient (Wildman–Crippen LogP) is 4.14. The van der Waals surface area contributed by atoms with Crippen LogP contribution in [-0.2, 0) is 9.59 Å². The highest BCUT2D eigenvalue weighted by molar-refractivity contribution is 14.1. The van der Waals surface area contributed by atoms with Crippen LogP contribution in [0.2, 0.25) is 0 Å². The van der Waals surface area contributed by atoms with Crippen LogP contribution >= 0.6 is 46.6 Å². The van der Waals surface area contributed by atoms with Crippen molar-refractivity contribution in [2.24, 2.45) is 0 Å². The van der Waals surface area contributed by atoms with Gasteiger partial charge in [0.2, 0.25) is 0 Å². The summed E-state index contributed by atoms with van der Waals surface area (Å²) in [4.78, 5) is 25.1. The molecule has 4 nitrogen and oxygen atoms in total. The molecule has 0 saturated carbocycles. The summed E-state index contributed by atoms with van der Waals surface area (Å²) >= 11 is 8.85. The fraction of sp³-hybridized carbons (Fsp3) is 0.312. The van der Waals surface area contributed by atoms with Gasteiger partial charge >= 0.3 is 5.97 Å². The molecule has 1 amide bonds. The molecule has 23 heavy (non-hydrogen) atoms. The van der Waals surface area contributed by atoms with Gasteiger partial charge in [-0.2, -0.15) is 0 Å². The zero-order valence-electron chi connectivity index (χ0n) is 12.3. The molecular weight excluding hydrogens is 445 g/mol. The second-order valence-electron chi connectivity index (χ2n) is 5.09. The van der Waals surface area contributed by atoms with Crippen LogP contribution in [0.4, 0.5) is 0 Å². The Bertz CT molecular complexity index is 660. The third-order valence-electron chi connectivity index (χ3n) is 3.29. The Hall–Kier alpha value is -0.930. The van der Waals surface area contributed by atoms with E-state index in [1.165, 1.54) is 11.8 Å². The van der Waals surface area contributed by atoms with Crippen molar-refractivity contribution < 1.29 is 14.7 Å². The third-order valence-corrected chi connectivity index (χ3v) is 5.34. The van der Waals surface area contributed by atoms with Crippen LogP contribution in [0.3, 0.4) is 0 Å². The molecule has 1 aliphatic heterocycles. The van der Waals surface area contributed by atoms with E-state index in [9.17, 15) is 9.59 Å². The Balaban J connectivity index is 1.93. The van der Waals surface area contributed by atoms with E-state index in [2.05, 4.69) is 22.6 Å². The Labute approximate surface area is 158 Å². The minimum atomic E-state index is -0.781. The number of carbonyl (C=O) groups excluding carboxylic acids is 1. The number of rotatable bonds is 7. The second-order valence-corrected chi connectivity index (χ2v) is 8.01. The molecule has 7 heteroatoms. The lowest BCUT2D eigenvalue weighted by Gasteiger charge is -2.13. The number of carboxylic acids is 1. The second kappa shape index (κ2) is 8.79. The summed E-state index contributed by atoms with van der Waals surface area (Å²) in [6, 6.07) is 7.93. The highest BCUT2D eigenvalue weighted by Gasteiger charge is 2.31. The normalized spacial score (nSPS) is 16.4. The number of carbonyl (C=O) groups is 2. The Kier molecular flexibility index (Phi) is 7.04. The molecule has 0 spiro atoms. The SMILES string of the molecule is O=C(O)CCCCCN1C(=O)/C(=C\c2cccc(I)c2)SC1=S. The van der Waals surface area contributed by atoms with E-state index in [1.54, 1.807) is 4.90 Å². The van der Waals surface area contributed by atoms with Crippen LogP contribution in [0.25, 0.3) is 6.08 Å². The van der Waals surface area contributed by atoms with Crippen molar-refractivity contribution >= 4 is 68.8 Å². The van der Waals surface area contributed by atoms with Crippen molar-refractivity contribution in [2.75, 3.05) is 6.54 Å². The molecule has 122 valence electrons. The van der Waals surface area contributed by atoms with Gasteiger partial charge in [-0.15, -0.1) is 0 Å². The van der Waals surface area contributed by atoms with Crippen LogP contribution < -0.4 is 0 Å². The number of thioether (sulfide) groups is 1. The first-order valence-electron chi connectivity index (χ1n) is 7.20. The summed E-state index contributed by atoms with van der Waals surface area (Å²) in [7, 11) is 0. The smallest absolute Gasteiger partial charge is 0.303 e.